The summed E-state index contributed by atoms with van der Waals surface area (Å²) >= 11 is 5.78. The molecule has 20 heavy (non-hydrogen) atoms. The van der Waals surface area contributed by atoms with Gasteiger partial charge in [-0.15, -0.1) is 0 Å². The number of nitrogens with zero attached hydrogens (tertiary/aromatic N) is 1. The van der Waals surface area contributed by atoms with Gasteiger partial charge in [-0.25, -0.2) is 4.79 Å². The maximum Gasteiger partial charge on any atom is 0.411 e. The van der Waals surface area contributed by atoms with E-state index in [2.05, 4.69) is 26.5 Å². The van der Waals surface area contributed by atoms with Crippen molar-refractivity contribution in [1.29, 1.82) is 0 Å². The minimum Gasteiger partial charge on any atom is -0.449 e. The second-order valence-corrected chi connectivity index (χ2v) is 6.90. The van der Waals surface area contributed by atoms with E-state index in [0.717, 1.165) is 17.4 Å². The molecule has 0 spiro atoms. The van der Waals surface area contributed by atoms with Crippen molar-refractivity contribution in [3.8, 4) is 0 Å². The second kappa shape index (κ2) is 6.02. The number of hydrogen-bond donors (Lipinski definition) is 1. The molecule has 0 unspecified atom stereocenters. The summed E-state index contributed by atoms with van der Waals surface area (Å²) in [7, 11) is 6.55. The number of ether oxygens (including phenoxy) is 1. The van der Waals surface area contributed by atoms with Crippen LogP contribution >= 0.6 is 11.6 Å². The SMILES string of the molecule is C[N+](C)(C)C[C@@H]1C[C@H]1COC(=O)Nc1ccc(Cl)cc1. The largest absolute Gasteiger partial charge is 0.449 e. The molecule has 0 saturated heterocycles. The van der Waals surface area contributed by atoms with E-state index in [1.54, 1.807) is 24.3 Å². The first-order chi connectivity index (χ1) is 9.33. The molecule has 5 heteroatoms. The summed E-state index contributed by atoms with van der Waals surface area (Å²) in [5.74, 6) is 1.20. The average Bonchev–Trinajstić information content (AvgIpc) is 3.05. The topological polar surface area (TPSA) is 38.3 Å². The van der Waals surface area contributed by atoms with Gasteiger partial charge in [-0.3, -0.25) is 5.32 Å². The normalized spacial score (nSPS) is 21.4. The van der Waals surface area contributed by atoms with Gasteiger partial charge in [0, 0.05) is 22.5 Å². The highest BCUT2D eigenvalue weighted by Crippen LogP contribution is 2.39. The Balaban J connectivity index is 1.68. The third-order valence-electron chi connectivity index (χ3n) is 3.37. The first kappa shape index (κ1) is 15.1. The van der Waals surface area contributed by atoms with Gasteiger partial charge in [-0.05, 0) is 30.7 Å². The molecular weight excluding hydrogens is 276 g/mol. The van der Waals surface area contributed by atoms with Crippen LogP contribution in [0.15, 0.2) is 24.3 Å². The first-order valence-electron chi connectivity index (χ1n) is 6.83. The van der Waals surface area contributed by atoms with Crippen LogP contribution in [-0.4, -0.2) is 44.9 Å². The van der Waals surface area contributed by atoms with Crippen LogP contribution in [0.3, 0.4) is 0 Å². The van der Waals surface area contributed by atoms with Gasteiger partial charge in [0.25, 0.3) is 0 Å². The summed E-state index contributed by atoms with van der Waals surface area (Å²) < 4.78 is 6.21. The zero-order valence-electron chi connectivity index (χ0n) is 12.2. The van der Waals surface area contributed by atoms with Gasteiger partial charge in [-0.1, -0.05) is 11.6 Å². The minimum atomic E-state index is -0.400. The summed E-state index contributed by atoms with van der Waals surface area (Å²) in [6.07, 6.45) is 0.757. The van der Waals surface area contributed by atoms with E-state index in [9.17, 15) is 4.79 Å². The Labute approximate surface area is 125 Å². The molecule has 1 aliphatic carbocycles. The Morgan fingerprint density at radius 1 is 1.30 bits per heavy atom. The maximum absolute atomic E-state index is 11.7. The zero-order chi connectivity index (χ0) is 14.8. The molecule has 0 aliphatic heterocycles. The molecule has 0 aromatic heterocycles. The molecule has 2 atom stereocenters. The summed E-state index contributed by atoms with van der Waals surface area (Å²) in [5, 5.41) is 3.34. The standard InChI is InChI=1S/C15H21ClN2O2/c1-18(2,3)9-11-8-12(11)10-20-15(19)17-14-6-4-13(16)5-7-14/h4-7,11-12H,8-10H2,1-3H3/p+1/t11-,12-/m0/s1. The quantitative estimate of drug-likeness (QED) is 0.848. The first-order valence-corrected chi connectivity index (χ1v) is 7.21. The van der Waals surface area contributed by atoms with Gasteiger partial charge in [0.2, 0.25) is 0 Å². The Morgan fingerprint density at radius 2 is 1.95 bits per heavy atom. The third-order valence-corrected chi connectivity index (χ3v) is 3.62. The monoisotopic (exact) mass is 297 g/mol. The smallest absolute Gasteiger partial charge is 0.411 e. The Kier molecular flexibility index (Phi) is 4.55. The molecule has 1 aromatic rings. The fourth-order valence-electron chi connectivity index (χ4n) is 2.31. The van der Waals surface area contributed by atoms with Crippen LogP contribution in [0.1, 0.15) is 6.42 Å². The number of benzene rings is 1. The summed E-state index contributed by atoms with van der Waals surface area (Å²) in [6.45, 7) is 1.64. The van der Waals surface area contributed by atoms with Gasteiger partial charge in [-0.2, -0.15) is 0 Å². The van der Waals surface area contributed by atoms with Crippen molar-refractivity contribution in [2.75, 3.05) is 39.6 Å². The van der Waals surface area contributed by atoms with Crippen molar-refractivity contribution in [2.24, 2.45) is 11.8 Å². The number of carbonyl (C=O) groups is 1. The van der Waals surface area contributed by atoms with E-state index >= 15 is 0 Å². The number of carbonyl (C=O) groups excluding carboxylic acids is 1. The maximum atomic E-state index is 11.7. The Bertz CT molecular complexity index is 468. The van der Waals surface area contributed by atoms with Crippen molar-refractivity contribution < 1.29 is 14.0 Å². The number of quaternary nitrogens is 1. The van der Waals surface area contributed by atoms with Gasteiger partial charge in [0.05, 0.1) is 34.3 Å². The molecule has 0 heterocycles. The number of hydrogen-bond acceptors (Lipinski definition) is 2. The molecule has 2 rings (SSSR count). The zero-order valence-corrected chi connectivity index (χ0v) is 13.0. The lowest BCUT2D eigenvalue weighted by molar-refractivity contribution is -0.872. The highest BCUT2D eigenvalue weighted by atomic mass is 35.5. The molecule has 0 bridgehead atoms. The van der Waals surface area contributed by atoms with E-state index in [4.69, 9.17) is 16.3 Å². The number of rotatable bonds is 5. The van der Waals surface area contributed by atoms with Crippen LogP contribution in [0.2, 0.25) is 5.02 Å². The fraction of sp³-hybridized carbons (Fsp3) is 0.533. The molecule has 1 N–H and O–H groups in total. The number of amides is 1. The van der Waals surface area contributed by atoms with Crippen molar-refractivity contribution in [2.45, 2.75) is 6.42 Å². The summed E-state index contributed by atoms with van der Waals surface area (Å²) in [6, 6.07) is 6.96. The number of nitrogens with one attached hydrogen (secondary N) is 1. The van der Waals surface area contributed by atoms with Crippen molar-refractivity contribution in [1.82, 2.24) is 0 Å². The lowest BCUT2D eigenvalue weighted by atomic mass is 10.3. The van der Waals surface area contributed by atoms with Gasteiger partial charge >= 0.3 is 6.09 Å². The van der Waals surface area contributed by atoms with Crippen LogP contribution < -0.4 is 5.32 Å². The molecular formula is C15H22ClN2O2+. The predicted molar refractivity (Wildman–Crippen MR) is 80.9 cm³/mol. The molecule has 1 saturated carbocycles. The van der Waals surface area contributed by atoms with Gasteiger partial charge in [0.1, 0.15) is 0 Å². The number of anilines is 1. The van der Waals surface area contributed by atoms with E-state index in [1.165, 1.54) is 0 Å². The molecule has 1 amide bonds. The van der Waals surface area contributed by atoms with E-state index in [-0.39, 0.29) is 0 Å². The number of halogens is 1. The van der Waals surface area contributed by atoms with E-state index in [0.29, 0.717) is 29.2 Å². The average molecular weight is 298 g/mol. The fourth-order valence-corrected chi connectivity index (χ4v) is 2.44. The Morgan fingerprint density at radius 3 is 2.55 bits per heavy atom. The predicted octanol–water partition coefficient (Wildman–Crippen LogP) is 3.23. The van der Waals surface area contributed by atoms with Gasteiger partial charge < -0.3 is 9.22 Å². The third kappa shape index (κ3) is 5.02. The summed E-state index contributed by atoms with van der Waals surface area (Å²) in [4.78, 5) is 11.7. The van der Waals surface area contributed by atoms with Crippen molar-refractivity contribution in [3.63, 3.8) is 0 Å². The molecule has 1 aromatic carbocycles. The highest BCUT2D eigenvalue weighted by molar-refractivity contribution is 6.30. The van der Waals surface area contributed by atoms with E-state index in [1.807, 2.05) is 0 Å². The molecule has 1 fully saturated rings. The lowest BCUT2D eigenvalue weighted by Gasteiger charge is -2.23. The van der Waals surface area contributed by atoms with Crippen LogP contribution in [0, 0.1) is 11.8 Å². The molecule has 0 radical (unpaired) electrons. The van der Waals surface area contributed by atoms with Gasteiger partial charge in [0.15, 0.2) is 0 Å². The van der Waals surface area contributed by atoms with Crippen LogP contribution in [0.4, 0.5) is 10.5 Å². The molecule has 4 nitrogen and oxygen atoms in total. The molecule has 1 aliphatic rings. The van der Waals surface area contributed by atoms with Crippen molar-refractivity contribution >= 4 is 23.4 Å². The highest BCUT2D eigenvalue weighted by Gasteiger charge is 2.41. The lowest BCUT2D eigenvalue weighted by Crippen LogP contribution is -2.36. The summed E-state index contributed by atoms with van der Waals surface area (Å²) in [5.41, 5.74) is 0.693. The Hall–Kier alpha value is -1.26. The molecule has 110 valence electrons. The minimum absolute atomic E-state index is 0.400. The van der Waals surface area contributed by atoms with Crippen LogP contribution in [0.5, 0.6) is 0 Å². The second-order valence-electron chi connectivity index (χ2n) is 6.46. The van der Waals surface area contributed by atoms with Crippen molar-refractivity contribution in [3.05, 3.63) is 29.3 Å². The van der Waals surface area contributed by atoms with Crippen LogP contribution in [-0.2, 0) is 4.74 Å². The van der Waals surface area contributed by atoms with E-state index < -0.39 is 6.09 Å². The van der Waals surface area contributed by atoms with Crippen LogP contribution in [0.25, 0.3) is 0 Å².